The van der Waals surface area contributed by atoms with Gasteiger partial charge >= 0.3 is 6.03 Å². The molecule has 0 saturated heterocycles. The highest BCUT2D eigenvalue weighted by Gasteiger charge is 2.16. The first-order valence-electron chi connectivity index (χ1n) is 8.93. The fourth-order valence-electron chi connectivity index (χ4n) is 2.63. The molecule has 0 fully saturated rings. The van der Waals surface area contributed by atoms with Crippen LogP contribution in [0.5, 0.6) is 5.75 Å². The van der Waals surface area contributed by atoms with Gasteiger partial charge in [-0.3, -0.25) is 0 Å². The number of hydrogen-bond donors (Lipinski definition) is 1. The highest BCUT2D eigenvalue weighted by Crippen LogP contribution is 2.16. The summed E-state index contributed by atoms with van der Waals surface area (Å²) in [7, 11) is 0. The Labute approximate surface area is 163 Å². The molecule has 2 heterocycles. The summed E-state index contributed by atoms with van der Waals surface area (Å²) < 4.78 is 11.1. The number of rotatable bonds is 8. The molecule has 0 atom stereocenters. The Balaban J connectivity index is 1.59. The first kappa shape index (κ1) is 19.0. The van der Waals surface area contributed by atoms with E-state index in [1.807, 2.05) is 67.8 Å². The third kappa shape index (κ3) is 5.89. The molecule has 1 aromatic carbocycles. The van der Waals surface area contributed by atoms with Gasteiger partial charge in [0, 0.05) is 11.4 Å². The van der Waals surface area contributed by atoms with E-state index in [1.165, 1.54) is 0 Å². The molecule has 3 aromatic rings. The van der Waals surface area contributed by atoms with Gasteiger partial charge < -0.3 is 19.4 Å². The van der Waals surface area contributed by atoms with Crippen molar-refractivity contribution in [1.82, 2.24) is 10.2 Å². The molecule has 0 aliphatic heterocycles. The van der Waals surface area contributed by atoms with E-state index in [1.54, 1.807) is 22.5 Å². The number of thiophene rings is 1. The number of ether oxygens (including phenoxy) is 1. The lowest BCUT2D eigenvalue weighted by Crippen LogP contribution is -2.38. The van der Waals surface area contributed by atoms with Crippen LogP contribution in [0.2, 0.25) is 0 Å². The standard InChI is InChI=1S/C21H24N2O3S/c1-16(2)26-18-9-7-17(8-10-18)13-22-21(24)23(14-19-5-3-11-25-19)15-20-6-4-12-27-20/h3-12,16H,13-15H2,1-2H3,(H,22,24). The first-order chi connectivity index (χ1) is 13.1. The van der Waals surface area contributed by atoms with Crippen molar-refractivity contribution < 1.29 is 13.9 Å². The number of nitrogens with one attached hydrogen (secondary N) is 1. The molecule has 1 N–H and O–H groups in total. The summed E-state index contributed by atoms with van der Waals surface area (Å²) in [5, 5.41) is 5.01. The molecule has 6 heteroatoms. The third-order valence-electron chi connectivity index (χ3n) is 3.88. The van der Waals surface area contributed by atoms with Crippen LogP contribution in [0.25, 0.3) is 0 Å². The molecule has 0 unspecified atom stereocenters. The minimum Gasteiger partial charge on any atom is -0.491 e. The Kier molecular flexibility index (Phi) is 6.54. The van der Waals surface area contributed by atoms with Crippen molar-refractivity contribution in [2.24, 2.45) is 0 Å². The highest BCUT2D eigenvalue weighted by atomic mass is 32.1. The highest BCUT2D eigenvalue weighted by molar-refractivity contribution is 7.09. The average molecular weight is 385 g/mol. The molecule has 0 bridgehead atoms. The van der Waals surface area contributed by atoms with Crippen LogP contribution in [-0.2, 0) is 19.6 Å². The van der Waals surface area contributed by atoms with Crippen molar-refractivity contribution in [1.29, 1.82) is 0 Å². The van der Waals surface area contributed by atoms with E-state index in [0.717, 1.165) is 22.0 Å². The van der Waals surface area contributed by atoms with Crippen LogP contribution in [0.15, 0.2) is 64.6 Å². The molecule has 0 spiro atoms. The van der Waals surface area contributed by atoms with Crippen molar-refractivity contribution in [2.45, 2.75) is 39.6 Å². The number of amides is 2. The lowest BCUT2D eigenvalue weighted by atomic mass is 10.2. The number of hydrogen-bond acceptors (Lipinski definition) is 4. The summed E-state index contributed by atoms with van der Waals surface area (Å²) >= 11 is 1.64. The number of furan rings is 1. The third-order valence-corrected chi connectivity index (χ3v) is 4.74. The average Bonchev–Trinajstić information content (AvgIpc) is 3.34. The van der Waals surface area contributed by atoms with Crippen LogP contribution in [0.1, 0.15) is 30.0 Å². The van der Waals surface area contributed by atoms with Gasteiger partial charge in [-0.15, -0.1) is 11.3 Å². The maximum absolute atomic E-state index is 12.7. The number of nitrogens with zero attached hydrogens (tertiary/aromatic N) is 1. The molecule has 0 saturated carbocycles. The SMILES string of the molecule is CC(C)Oc1ccc(CNC(=O)N(Cc2ccco2)Cc2cccs2)cc1. The Morgan fingerprint density at radius 2 is 1.96 bits per heavy atom. The molecule has 2 amide bonds. The maximum atomic E-state index is 12.7. The molecule has 0 aliphatic rings. The largest absolute Gasteiger partial charge is 0.491 e. The fourth-order valence-corrected chi connectivity index (χ4v) is 3.35. The zero-order valence-electron chi connectivity index (χ0n) is 15.6. The predicted molar refractivity (Wildman–Crippen MR) is 107 cm³/mol. The normalized spacial score (nSPS) is 10.8. The summed E-state index contributed by atoms with van der Waals surface area (Å²) in [6, 6.07) is 15.4. The van der Waals surface area contributed by atoms with Gasteiger partial charge in [0.2, 0.25) is 0 Å². The molecule has 142 valence electrons. The van der Waals surface area contributed by atoms with Crippen LogP contribution in [0.4, 0.5) is 4.79 Å². The molecule has 0 aliphatic carbocycles. The van der Waals surface area contributed by atoms with E-state index in [2.05, 4.69) is 5.32 Å². The minimum atomic E-state index is -0.123. The molecule has 0 radical (unpaired) electrons. The van der Waals surface area contributed by atoms with Crippen molar-refractivity contribution in [3.05, 3.63) is 76.4 Å². The van der Waals surface area contributed by atoms with E-state index in [-0.39, 0.29) is 12.1 Å². The van der Waals surface area contributed by atoms with Crippen molar-refractivity contribution in [2.75, 3.05) is 0 Å². The zero-order chi connectivity index (χ0) is 19.1. The van der Waals surface area contributed by atoms with E-state index in [4.69, 9.17) is 9.15 Å². The Hall–Kier alpha value is -2.73. The summed E-state index contributed by atoms with van der Waals surface area (Å²) in [6.07, 6.45) is 1.76. The van der Waals surface area contributed by atoms with E-state index in [0.29, 0.717) is 19.6 Å². The summed E-state index contributed by atoms with van der Waals surface area (Å²) in [5.74, 6) is 1.59. The smallest absolute Gasteiger partial charge is 0.318 e. The van der Waals surface area contributed by atoms with Crippen LogP contribution in [0.3, 0.4) is 0 Å². The van der Waals surface area contributed by atoms with Crippen molar-refractivity contribution in [3.63, 3.8) is 0 Å². The molecule has 2 aromatic heterocycles. The van der Waals surface area contributed by atoms with Gasteiger partial charge in [0.25, 0.3) is 0 Å². The number of benzene rings is 1. The van der Waals surface area contributed by atoms with Crippen LogP contribution >= 0.6 is 11.3 Å². The quantitative estimate of drug-likeness (QED) is 0.592. The number of carbonyl (C=O) groups is 1. The Morgan fingerprint density at radius 1 is 1.15 bits per heavy atom. The van der Waals surface area contributed by atoms with Gasteiger partial charge in [0.15, 0.2) is 0 Å². The van der Waals surface area contributed by atoms with Gasteiger partial charge in [-0.25, -0.2) is 4.79 Å². The number of urea groups is 1. The van der Waals surface area contributed by atoms with Gasteiger partial charge in [0.1, 0.15) is 11.5 Å². The van der Waals surface area contributed by atoms with E-state index < -0.39 is 0 Å². The first-order valence-corrected chi connectivity index (χ1v) is 9.81. The summed E-state index contributed by atoms with van der Waals surface area (Å²) in [5.41, 5.74) is 1.02. The topological polar surface area (TPSA) is 54.7 Å². The Morgan fingerprint density at radius 3 is 2.59 bits per heavy atom. The van der Waals surface area contributed by atoms with Gasteiger partial charge in [-0.2, -0.15) is 0 Å². The molecule has 3 rings (SSSR count). The van der Waals surface area contributed by atoms with Crippen LogP contribution < -0.4 is 10.1 Å². The molecular weight excluding hydrogens is 360 g/mol. The Bertz CT molecular complexity index is 776. The van der Waals surface area contributed by atoms with E-state index in [9.17, 15) is 4.79 Å². The molecular formula is C21H24N2O3S. The summed E-state index contributed by atoms with van der Waals surface area (Å²) in [6.45, 7) is 5.42. The van der Waals surface area contributed by atoms with E-state index >= 15 is 0 Å². The van der Waals surface area contributed by atoms with Gasteiger partial charge in [0.05, 0.1) is 25.5 Å². The molecule has 5 nitrogen and oxygen atoms in total. The monoisotopic (exact) mass is 384 g/mol. The molecule has 27 heavy (non-hydrogen) atoms. The summed E-state index contributed by atoms with van der Waals surface area (Å²) in [4.78, 5) is 15.6. The van der Waals surface area contributed by atoms with Crippen LogP contribution in [-0.4, -0.2) is 17.0 Å². The second-order valence-corrected chi connectivity index (χ2v) is 7.52. The zero-order valence-corrected chi connectivity index (χ0v) is 16.4. The second-order valence-electron chi connectivity index (χ2n) is 6.48. The maximum Gasteiger partial charge on any atom is 0.318 e. The number of carbonyl (C=O) groups excluding carboxylic acids is 1. The van der Waals surface area contributed by atoms with Crippen molar-refractivity contribution >= 4 is 17.4 Å². The van der Waals surface area contributed by atoms with Gasteiger partial charge in [-0.05, 0) is 55.1 Å². The minimum absolute atomic E-state index is 0.123. The predicted octanol–water partition coefficient (Wildman–Crippen LogP) is 5.04. The second kappa shape index (κ2) is 9.28. The van der Waals surface area contributed by atoms with Crippen molar-refractivity contribution in [3.8, 4) is 5.75 Å². The fraction of sp³-hybridized carbons (Fsp3) is 0.286. The lowest BCUT2D eigenvalue weighted by Gasteiger charge is -2.21. The lowest BCUT2D eigenvalue weighted by molar-refractivity contribution is 0.187. The van der Waals surface area contributed by atoms with Crippen LogP contribution in [0, 0.1) is 0 Å². The van der Waals surface area contributed by atoms with Gasteiger partial charge in [-0.1, -0.05) is 18.2 Å².